The third-order valence-corrected chi connectivity index (χ3v) is 2.17. The molecule has 72 valence electrons. The Kier molecular flexibility index (Phi) is 2.31. The molecule has 0 fully saturated rings. The van der Waals surface area contributed by atoms with Crippen molar-refractivity contribution < 1.29 is 9.53 Å². The van der Waals surface area contributed by atoms with Crippen LogP contribution in [0.2, 0.25) is 0 Å². The summed E-state index contributed by atoms with van der Waals surface area (Å²) in [4.78, 5) is 15.7. The number of ketones is 1. The number of Topliss-reactive ketones (excluding diaryl/α,β-unsaturated/α-hetero) is 1. The molecule has 14 heavy (non-hydrogen) atoms. The van der Waals surface area contributed by atoms with Crippen molar-refractivity contribution in [2.24, 2.45) is 0 Å². The summed E-state index contributed by atoms with van der Waals surface area (Å²) in [7, 11) is 0. The van der Waals surface area contributed by atoms with E-state index in [2.05, 4.69) is 4.98 Å². The van der Waals surface area contributed by atoms with Gasteiger partial charge in [-0.15, -0.1) is 0 Å². The third-order valence-electron chi connectivity index (χ3n) is 2.17. The standard InChI is InChI=1S/C11H11NO2/c1-2-14-7-9-6-8-4-3-5-12-10(8)11(9)13/h3-5,7H,2,6H2,1H3/b9-7-. The van der Waals surface area contributed by atoms with Crippen LogP contribution in [0.1, 0.15) is 23.0 Å². The van der Waals surface area contributed by atoms with E-state index in [1.165, 1.54) is 0 Å². The minimum Gasteiger partial charge on any atom is -0.501 e. The van der Waals surface area contributed by atoms with Gasteiger partial charge in [0, 0.05) is 18.2 Å². The zero-order chi connectivity index (χ0) is 9.97. The molecule has 0 unspecified atom stereocenters. The number of nitrogens with zero attached hydrogens (tertiary/aromatic N) is 1. The molecule has 0 aliphatic heterocycles. The largest absolute Gasteiger partial charge is 0.501 e. The Hall–Kier alpha value is -1.64. The lowest BCUT2D eigenvalue weighted by molar-refractivity contribution is 0.103. The fraction of sp³-hybridized carbons (Fsp3) is 0.273. The number of hydrogen-bond acceptors (Lipinski definition) is 3. The van der Waals surface area contributed by atoms with Gasteiger partial charge in [-0.1, -0.05) is 6.07 Å². The molecule has 0 radical (unpaired) electrons. The molecule has 0 saturated carbocycles. The van der Waals surface area contributed by atoms with Crippen LogP contribution in [0.25, 0.3) is 0 Å². The van der Waals surface area contributed by atoms with E-state index >= 15 is 0 Å². The zero-order valence-electron chi connectivity index (χ0n) is 7.99. The molecular formula is C11H11NO2. The molecule has 0 atom stereocenters. The van der Waals surface area contributed by atoms with E-state index in [-0.39, 0.29) is 5.78 Å². The van der Waals surface area contributed by atoms with Crippen molar-refractivity contribution in [2.45, 2.75) is 13.3 Å². The second-order valence-electron chi connectivity index (χ2n) is 3.12. The minimum absolute atomic E-state index is 0.00551. The van der Waals surface area contributed by atoms with Crippen LogP contribution >= 0.6 is 0 Å². The van der Waals surface area contributed by atoms with E-state index in [1.807, 2.05) is 19.1 Å². The van der Waals surface area contributed by atoms with Gasteiger partial charge in [0.15, 0.2) is 0 Å². The number of carbonyl (C=O) groups excluding carboxylic acids is 1. The molecular weight excluding hydrogens is 178 g/mol. The van der Waals surface area contributed by atoms with Crippen molar-refractivity contribution in [1.82, 2.24) is 4.98 Å². The van der Waals surface area contributed by atoms with Crippen LogP contribution in [0.15, 0.2) is 30.2 Å². The number of allylic oxidation sites excluding steroid dienone is 1. The Balaban J connectivity index is 2.30. The Labute approximate surface area is 82.4 Å². The molecule has 1 aromatic rings. The molecule has 1 aliphatic rings. The van der Waals surface area contributed by atoms with Gasteiger partial charge in [-0.2, -0.15) is 0 Å². The van der Waals surface area contributed by atoms with Gasteiger partial charge >= 0.3 is 0 Å². The first kappa shape index (κ1) is 8.94. The monoisotopic (exact) mass is 189 g/mol. The number of rotatable bonds is 2. The maximum absolute atomic E-state index is 11.7. The van der Waals surface area contributed by atoms with Crippen LogP contribution < -0.4 is 0 Å². The summed E-state index contributed by atoms with van der Waals surface area (Å²) in [6.45, 7) is 2.47. The molecule has 1 heterocycles. The lowest BCUT2D eigenvalue weighted by Gasteiger charge is -1.95. The summed E-state index contributed by atoms with van der Waals surface area (Å²) in [5.74, 6) is -0.00551. The van der Waals surface area contributed by atoms with E-state index < -0.39 is 0 Å². The molecule has 1 aromatic heterocycles. The minimum atomic E-state index is -0.00551. The average molecular weight is 189 g/mol. The van der Waals surface area contributed by atoms with Crippen molar-refractivity contribution in [3.8, 4) is 0 Å². The maximum Gasteiger partial charge on any atom is 0.211 e. The first-order chi connectivity index (χ1) is 6.83. The van der Waals surface area contributed by atoms with Crippen LogP contribution in [-0.4, -0.2) is 17.4 Å². The fourth-order valence-electron chi connectivity index (χ4n) is 1.50. The number of fused-ring (bicyclic) bond motifs is 1. The molecule has 1 aliphatic carbocycles. The molecule has 0 N–H and O–H groups in total. The highest BCUT2D eigenvalue weighted by Crippen LogP contribution is 2.23. The van der Waals surface area contributed by atoms with Crippen LogP contribution in [0, 0.1) is 0 Å². The highest BCUT2D eigenvalue weighted by molar-refractivity contribution is 6.11. The predicted octanol–water partition coefficient (Wildman–Crippen LogP) is 1.74. The van der Waals surface area contributed by atoms with Crippen LogP contribution in [0.3, 0.4) is 0 Å². The summed E-state index contributed by atoms with van der Waals surface area (Å²) in [5.41, 5.74) is 2.25. The van der Waals surface area contributed by atoms with Gasteiger partial charge < -0.3 is 4.74 Å². The number of hydrogen-bond donors (Lipinski definition) is 0. The summed E-state index contributed by atoms with van der Waals surface area (Å²) in [6.07, 6.45) is 3.83. The number of aromatic nitrogens is 1. The molecule has 2 rings (SSSR count). The van der Waals surface area contributed by atoms with Gasteiger partial charge in [-0.05, 0) is 18.6 Å². The van der Waals surface area contributed by atoms with Crippen molar-refractivity contribution in [3.05, 3.63) is 41.4 Å². The first-order valence-electron chi connectivity index (χ1n) is 4.62. The molecule has 3 heteroatoms. The van der Waals surface area contributed by atoms with E-state index in [0.29, 0.717) is 24.3 Å². The molecule has 0 bridgehead atoms. The van der Waals surface area contributed by atoms with Crippen LogP contribution in [0.4, 0.5) is 0 Å². The molecule has 0 amide bonds. The number of ether oxygens (including phenoxy) is 1. The average Bonchev–Trinajstić information content (AvgIpc) is 2.54. The van der Waals surface area contributed by atoms with Crippen LogP contribution in [-0.2, 0) is 11.2 Å². The second-order valence-corrected chi connectivity index (χ2v) is 3.12. The Bertz CT molecular complexity index is 396. The van der Waals surface area contributed by atoms with Gasteiger partial charge in [-0.25, -0.2) is 0 Å². The fourth-order valence-corrected chi connectivity index (χ4v) is 1.50. The molecule has 0 aromatic carbocycles. The van der Waals surface area contributed by atoms with E-state index in [0.717, 1.165) is 5.56 Å². The molecule has 0 spiro atoms. The SMILES string of the molecule is CCO/C=C1/Cc2cccnc2C1=O. The number of carbonyl (C=O) groups is 1. The van der Waals surface area contributed by atoms with Gasteiger partial charge in [0.05, 0.1) is 12.9 Å². The quantitative estimate of drug-likeness (QED) is 0.525. The summed E-state index contributed by atoms with van der Waals surface area (Å²) in [5, 5.41) is 0. The topological polar surface area (TPSA) is 39.2 Å². The smallest absolute Gasteiger partial charge is 0.211 e. The maximum atomic E-state index is 11.7. The van der Waals surface area contributed by atoms with E-state index in [4.69, 9.17) is 4.74 Å². The van der Waals surface area contributed by atoms with Crippen LogP contribution in [0.5, 0.6) is 0 Å². The Morgan fingerprint density at radius 3 is 3.21 bits per heavy atom. The number of pyridine rings is 1. The highest BCUT2D eigenvalue weighted by atomic mass is 16.5. The van der Waals surface area contributed by atoms with E-state index in [9.17, 15) is 4.79 Å². The van der Waals surface area contributed by atoms with Crippen molar-refractivity contribution in [3.63, 3.8) is 0 Å². The van der Waals surface area contributed by atoms with Crippen molar-refractivity contribution in [1.29, 1.82) is 0 Å². The van der Waals surface area contributed by atoms with Gasteiger partial charge in [0.1, 0.15) is 5.69 Å². The summed E-state index contributed by atoms with van der Waals surface area (Å²) in [6, 6.07) is 3.77. The summed E-state index contributed by atoms with van der Waals surface area (Å²) >= 11 is 0. The lowest BCUT2D eigenvalue weighted by atomic mass is 10.2. The molecule has 0 saturated heterocycles. The summed E-state index contributed by atoms with van der Waals surface area (Å²) < 4.78 is 5.11. The normalized spacial score (nSPS) is 17.2. The zero-order valence-corrected chi connectivity index (χ0v) is 7.99. The second kappa shape index (κ2) is 3.62. The van der Waals surface area contributed by atoms with Gasteiger partial charge in [0.2, 0.25) is 5.78 Å². The lowest BCUT2D eigenvalue weighted by Crippen LogP contribution is -1.98. The Morgan fingerprint density at radius 2 is 2.50 bits per heavy atom. The van der Waals surface area contributed by atoms with Crippen molar-refractivity contribution >= 4 is 5.78 Å². The third kappa shape index (κ3) is 1.41. The molecule has 3 nitrogen and oxygen atoms in total. The highest BCUT2D eigenvalue weighted by Gasteiger charge is 2.25. The first-order valence-corrected chi connectivity index (χ1v) is 4.62. The van der Waals surface area contributed by atoms with Gasteiger partial charge in [0.25, 0.3) is 0 Å². The van der Waals surface area contributed by atoms with E-state index in [1.54, 1.807) is 12.5 Å². The van der Waals surface area contributed by atoms with Crippen molar-refractivity contribution in [2.75, 3.05) is 6.61 Å². The predicted molar refractivity (Wildman–Crippen MR) is 52.0 cm³/mol. The van der Waals surface area contributed by atoms with Gasteiger partial charge in [-0.3, -0.25) is 9.78 Å². The Morgan fingerprint density at radius 1 is 1.64 bits per heavy atom.